The van der Waals surface area contributed by atoms with E-state index >= 15 is 0 Å². The van der Waals surface area contributed by atoms with Gasteiger partial charge in [0.15, 0.2) is 0 Å². The summed E-state index contributed by atoms with van der Waals surface area (Å²) in [5.74, 6) is 0.844. The van der Waals surface area contributed by atoms with Crippen LogP contribution in [0.25, 0.3) is 0 Å². The van der Waals surface area contributed by atoms with Gasteiger partial charge in [0, 0.05) is 17.1 Å². The summed E-state index contributed by atoms with van der Waals surface area (Å²) in [5.41, 5.74) is 1.13. The first-order chi connectivity index (χ1) is 7.71. The molecular weight excluding hydrogens is 305 g/mol. The van der Waals surface area contributed by atoms with Gasteiger partial charge in [0.25, 0.3) is 0 Å². The van der Waals surface area contributed by atoms with Gasteiger partial charge in [-0.1, -0.05) is 22.9 Å². The molecule has 0 saturated heterocycles. The molecule has 0 bridgehead atoms. The van der Waals surface area contributed by atoms with E-state index in [-0.39, 0.29) is 25.1 Å². The lowest BCUT2D eigenvalue weighted by Crippen LogP contribution is -2.31. The highest BCUT2D eigenvalue weighted by Gasteiger charge is 2.06. The molecule has 3 nitrogen and oxygen atoms in total. The number of hydrogen-bond acceptors (Lipinski definition) is 3. The third-order valence-corrected chi connectivity index (χ3v) is 3.32. The topological polar surface area (TPSA) is 41.5 Å². The molecule has 1 rings (SSSR count). The van der Waals surface area contributed by atoms with Crippen LogP contribution in [0.4, 0.5) is 0 Å². The van der Waals surface area contributed by atoms with Crippen LogP contribution in [0.1, 0.15) is 18.9 Å². The van der Waals surface area contributed by atoms with Crippen LogP contribution in [0.3, 0.4) is 0 Å². The van der Waals surface area contributed by atoms with Crippen molar-refractivity contribution in [3.05, 3.63) is 28.2 Å². The molecule has 2 N–H and O–H groups in total. The zero-order valence-corrected chi connectivity index (χ0v) is 12.5. The molecule has 17 heavy (non-hydrogen) atoms. The molecule has 5 heteroatoms. The number of aliphatic hydroxyl groups excluding tert-OH is 1. The van der Waals surface area contributed by atoms with Crippen LogP contribution in [0.2, 0.25) is 0 Å². The molecule has 0 spiro atoms. The smallest absolute Gasteiger partial charge is 0.119 e. The number of rotatable bonds is 6. The van der Waals surface area contributed by atoms with Gasteiger partial charge in [-0.15, -0.1) is 12.4 Å². The number of methoxy groups -OCH3 is 1. The van der Waals surface area contributed by atoms with Gasteiger partial charge in [0.2, 0.25) is 0 Å². The van der Waals surface area contributed by atoms with Crippen molar-refractivity contribution in [3.63, 3.8) is 0 Å². The van der Waals surface area contributed by atoms with Crippen LogP contribution in [0.5, 0.6) is 5.75 Å². The summed E-state index contributed by atoms with van der Waals surface area (Å²) in [6, 6.07) is 6.02. The third-order valence-electron chi connectivity index (χ3n) is 2.55. The monoisotopic (exact) mass is 323 g/mol. The maximum absolute atomic E-state index is 9.08. The Bertz CT molecular complexity index is 332. The summed E-state index contributed by atoms with van der Waals surface area (Å²) in [6.45, 7) is 2.93. The fraction of sp³-hybridized carbons (Fsp3) is 0.500. The van der Waals surface area contributed by atoms with Crippen molar-refractivity contribution < 1.29 is 9.84 Å². The molecule has 0 radical (unpaired) electrons. The van der Waals surface area contributed by atoms with E-state index in [1.165, 1.54) is 0 Å². The molecule has 0 aliphatic carbocycles. The second-order valence-electron chi connectivity index (χ2n) is 3.63. The quantitative estimate of drug-likeness (QED) is 0.845. The van der Waals surface area contributed by atoms with Gasteiger partial charge < -0.3 is 15.2 Å². The van der Waals surface area contributed by atoms with Crippen LogP contribution in [0.15, 0.2) is 22.7 Å². The van der Waals surface area contributed by atoms with E-state index in [1.54, 1.807) is 7.11 Å². The predicted molar refractivity (Wildman–Crippen MR) is 75.9 cm³/mol. The third kappa shape index (κ3) is 5.25. The van der Waals surface area contributed by atoms with Gasteiger partial charge in [-0.25, -0.2) is 0 Å². The summed E-state index contributed by atoms with van der Waals surface area (Å²) in [5, 5.41) is 12.4. The summed E-state index contributed by atoms with van der Waals surface area (Å²) in [7, 11) is 1.66. The molecule has 1 atom stereocenters. The van der Waals surface area contributed by atoms with Crippen molar-refractivity contribution in [2.75, 3.05) is 13.7 Å². The number of hydrogen-bond donors (Lipinski definition) is 2. The van der Waals surface area contributed by atoms with E-state index in [1.807, 2.05) is 18.2 Å². The zero-order valence-electron chi connectivity index (χ0n) is 10.1. The van der Waals surface area contributed by atoms with Crippen molar-refractivity contribution in [1.82, 2.24) is 5.32 Å². The molecule has 1 aromatic carbocycles. The summed E-state index contributed by atoms with van der Waals surface area (Å²) in [6.07, 6.45) is 0.915. The first kappa shape index (κ1) is 16.7. The normalized spacial score (nSPS) is 11.8. The standard InChI is InChI=1S/C12H18BrNO2.ClH/c1-3-10(8-15)14-7-9-6-11(16-2)4-5-12(9)13;/h4-6,10,14-15H,3,7-8H2,1-2H3;1H. The second-order valence-corrected chi connectivity index (χ2v) is 4.48. The number of benzene rings is 1. The summed E-state index contributed by atoms with van der Waals surface area (Å²) in [4.78, 5) is 0. The number of nitrogens with one attached hydrogen (secondary N) is 1. The highest BCUT2D eigenvalue weighted by atomic mass is 79.9. The maximum Gasteiger partial charge on any atom is 0.119 e. The van der Waals surface area contributed by atoms with Gasteiger partial charge in [0.05, 0.1) is 13.7 Å². The first-order valence-electron chi connectivity index (χ1n) is 5.38. The first-order valence-corrected chi connectivity index (χ1v) is 6.17. The SMILES string of the molecule is CCC(CO)NCc1cc(OC)ccc1Br.Cl. The van der Waals surface area contributed by atoms with Crippen LogP contribution in [0, 0.1) is 0 Å². The fourth-order valence-corrected chi connectivity index (χ4v) is 1.79. The molecule has 0 fully saturated rings. The van der Waals surface area contributed by atoms with Crippen molar-refractivity contribution in [3.8, 4) is 5.75 Å². The summed E-state index contributed by atoms with van der Waals surface area (Å²) >= 11 is 3.50. The molecule has 0 aromatic heterocycles. The van der Waals surface area contributed by atoms with Crippen molar-refractivity contribution in [2.45, 2.75) is 25.9 Å². The largest absolute Gasteiger partial charge is 0.497 e. The van der Waals surface area contributed by atoms with E-state index in [4.69, 9.17) is 9.84 Å². The fourth-order valence-electron chi connectivity index (χ4n) is 1.41. The second kappa shape index (κ2) is 8.75. The molecule has 0 heterocycles. The van der Waals surface area contributed by atoms with Gasteiger partial charge in [-0.2, -0.15) is 0 Å². The Kier molecular flexibility index (Phi) is 8.60. The minimum Gasteiger partial charge on any atom is -0.497 e. The van der Waals surface area contributed by atoms with Crippen molar-refractivity contribution in [2.24, 2.45) is 0 Å². The van der Waals surface area contributed by atoms with E-state index in [0.29, 0.717) is 0 Å². The van der Waals surface area contributed by atoms with Crippen LogP contribution in [-0.4, -0.2) is 24.9 Å². The lowest BCUT2D eigenvalue weighted by Gasteiger charge is -2.15. The Morgan fingerprint density at radius 3 is 2.71 bits per heavy atom. The Morgan fingerprint density at radius 2 is 2.18 bits per heavy atom. The van der Waals surface area contributed by atoms with Gasteiger partial charge >= 0.3 is 0 Å². The maximum atomic E-state index is 9.08. The van der Waals surface area contributed by atoms with E-state index < -0.39 is 0 Å². The zero-order chi connectivity index (χ0) is 12.0. The number of halogens is 2. The van der Waals surface area contributed by atoms with Crippen molar-refractivity contribution >= 4 is 28.3 Å². The van der Waals surface area contributed by atoms with Gasteiger partial charge in [-0.3, -0.25) is 0 Å². The van der Waals surface area contributed by atoms with E-state index in [2.05, 4.69) is 28.2 Å². The van der Waals surface area contributed by atoms with Crippen LogP contribution < -0.4 is 10.1 Å². The van der Waals surface area contributed by atoms with Crippen LogP contribution >= 0.6 is 28.3 Å². The van der Waals surface area contributed by atoms with Gasteiger partial charge in [-0.05, 0) is 30.2 Å². The molecule has 1 aromatic rings. The summed E-state index contributed by atoms with van der Waals surface area (Å²) < 4.78 is 6.22. The minimum absolute atomic E-state index is 0. The average Bonchev–Trinajstić information content (AvgIpc) is 2.32. The molecule has 0 aliphatic rings. The lowest BCUT2D eigenvalue weighted by molar-refractivity contribution is 0.238. The van der Waals surface area contributed by atoms with E-state index in [0.717, 1.165) is 28.8 Å². The van der Waals surface area contributed by atoms with E-state index in [9.17, 15) is 0 Å². The van der Waals surface area contributed by atoms with Gasteiger partial charge in [0.1, 0.15) is 5.75 Å². The minimum atomic E-state index is 0. The number of ether oxygens (including phenoxy) is 1. The Balaban J connectivity index is 0.00000256. The predicted octanol–water partition coefficient (Wildman–Crippen LogP) is 2.74. The molecule has 1 unspecified atom stereocenters. The molecule has 0 amide bonds. The van der Waals surface area contributed by atoms with Crippen molar-refractivity contribution in [1.29, 1.82) is 0 Å². The average molecular weight is 325 g/mol. The highest BCUT2D eigenvalue weighted by Crippen LogP contribution is 2.22. The molecule has 0 aliphatic heterocycles. The van der Waals surface area contributed by atoms with Crippen LogP contribution in [-0.2, 0) is 6.54 Å². The highest BCUT2D eigenvalue weighted by molar-refractivity contribution is 9.10. The molecule has 98 valence electrons. The molecular formula is C12H19BrClNO2. The molecule has 0 saturated carbocycles. The number of aliphatic hydroxyl groups is 1. The Labute approximate surface area is 117 Å². The lowest BCUT2D eigenvalue weighted by atomic mass is 10.2. The Morgan fingerprint density at radius 1 is 1.47 bits per heavy atom. The Hall–Kier alpha value is -0.290.